The van der Waals surface area contributed by atoms with Crippen molar-refractivity contribution in [1.29, 1.82) is 0 Å². The van der Waals surface area contributed by atoms with Crippen molar-refractivity contribution in [3.05, 3.63) is 72.6 Å². The van der Waals surface area contributed by atoms with Crippen LogP contribution in [0.4, 0.5) is 0 Å². The van der Waals surface area contributed by atoms with E-state index < -0.39 is 21.3 Å². The van der Waals surface area contributed by atoms with Gasteiger partial charge in [0, 0.05) is 0 Å². The molecule has 0 fully saturated rings. The second kappa shape index (κ2) is 13.3. The predicted octanol–water partition coefficient (Wildman–Crippen LogP) is 4.61. The van der Waals surface area contributed by atoms with E-state index >= 15 is 0 Å². The molecule has 2 aliphatic carbocycles. The summed E-state index contributed by atoms with van der Waals surface area (Å²) >= 11 is -2.38. The minimum atomic E-state index is -2.38. The Bertz CT molecular complexity index is 1420. The fourth-order valence-electron chi connectivity index (χ4n) is 7.24. The summed E-state index contributed by atoms with van der Waals surface area (Å²) in [5.74, 6) is 0.616. The second-order valence-corrected chi connectivity index (χ2v) is 23.0. The van der Waals surface area contributed by atoms with Crippen LogP contribution < -0.4 is 28.1 Å². The molecule has 42 heavy (non-hydrogen) atoms. The maximum absolute atomic E-state index is 2.70. The molecule has 0 aliphatic heterocycles. The molecule has 0 saturated carbocycles. The molecule has 1 unspecified atom stereocenters. The third kappa shape index (κ3) is 7.21. The number of rotatable bonds is 5. The molecule has 0 nitrogen and oxygen atoms in total. The first-order valence-corrected chi connectivity index (χ1v) is 19.5. The molecular formula is C39H56Cl2Zr. The largest absolute Gasteiger partial charge is 1.00 e. The van der Waals surface area contributed by atoms with Gasteiger partial charge in [-0.25, -0.2) is 0 Å². The van der Waals surface area contributed by atoms with E-state index in [9.17, 15) is 0 Å². The zero-order valence-electron chi connectivity index (χ0n) is 29.0. The van der Waals surface area contributed by atoms with Crippen molar-refractivity contribution < 1.29 is 46.1 Å². The van der Waals surface area contributed by atoms with E-state index in [1.807, 2.05) is 3.28 Å². The van der Waals surface area contributed by atoms with Crippen molar-refractivity contribution in [3.8, 4) is 11.1 Å². The van der Waals surface area contributed by atoms with Crippen LogP contribution in [-0.2, 0) is 38.5 Å². The summed E-state index contributed by atoms with van der Waals surface area (Å²) in [5, 5.41) is 0. The summed E-state index contributed by atoms with van der Waals surface area (Å²) in [5.41, 5.74) is 14.4. The Morgan fingerprint density at radius 3 is 1.88 bits per heavy atom. The van der Waals surface area contributed by atoms with Gasteiger partial charge in [0.25, 0.3) is 0 Å². The fourth-order valence-corrected chi connectivity index (χ4v) is 15.3. The van der Waals surface area contributed by atoms with E-state index in [4.69, 9.17) is 0 Å². The molecule has 0 saturated heterocycles. The maximum atomic E-state index is 2.70. The smallest absolute Gasteiger partial charge is 1.00 e. The van der Waals surface area contributed by atoms with E-state index in [0.717, 1.165) is 6.42 Å². The number of unbranched alkanes of at least 4 members (excludes halogenated alkanes) is 1. The molecule has 2 aliphatic rings. The van der Waals surface area contributed by atoms with Crippen molar-refractivity contribution >= 4 is 6.48 Å². The molecule has 0 bridgehead atoms. The standard InChI is InChI=1S/C23H29.C13H21.C3H6.2ClH.Zr/c1-14-9-16-11-17-10-15(2)21(23(6,7)8)13-19(17)18(16)12-20(14)22(3,4)5;1-5-6-7-11-8-9-12(10-11)13(2,3)4;1-3-2;;;/h9,12-13H,11H2,1-8H3;9-11H,5-7H2,1-4H3;1-2H3;2*1H;/q;;;;;+2/p-2. The van der Waals surface area contributed by atoms with Crippen LogP contribution in [0.1, 0.15) is 136 Å². The van der Waals surface area contributed by atoms with Crippen molar-refractivity contribution in [2.24, 2.45) is 11.3 Å². The molecule has 0 spiro atoms. The number of aryl methyl sites for hydroxylation is 1. The van der Waals surface area contributed by atoms with Crippen LogP contribution in [0.15, 0.2) is 39.2 Å². The molecule has 0 aromatic heterocycles. The van der Waals surface area contributed by atoms with Crippen molar-refractivity contribution in [2.45, 2.75) is 133 Å². The first-order valence-electron chi connectivity index (χ1n) is 15.8. The van der Waals surface area contributed by atoms with E-state index in [1.54, 1.807) is 34.3 Å². The topological polar surface area (TPSA) is 0 Å². The Kier molecular flexibility index (Phi) is 11.9. The number of benzene rings is 2. The van der Waals surface area contributed by atoms with E-state index in [1.165, 1.54) is 41.5 Å². The van der Waals surface area contributed by atoms with Crippen molar-refractivity contribution in [1.82, 2.24) is 0 Å². The Labute approximate surface area is 279 Å². The monoisotopic (exact) mass is 684 g/mol. The SMILES string of the molecule is CCCCC1C=C(C(C)(C)C)C=[C]1[Zr+2](=[C](C)C)[c]1c(C)c(C(C)(C)C)cc2c1Cc1cc(C)c(C(C)(C)C)cc1-2.[Cl-].[Cl-]. The summed E-state index contributed by atoms with van der Waals surface area (Å²) in [4.78, 5) is 0. The zero-order chi connectivity index (χ0) is 29.9. The maximum Gasteiger partial charge on any atom is -1.00 e. The summed E-state index contributed by atoms with van der Waals surface area (Å²) in [6.45, 7) is 33.6. The molecule has 0 heterocycles. The molecular weight excluding hydrogens is 631 g/mol. The first kappa shape index (κ1) is 37.4. The van der Waals surface area contributed by atoms with Gasteiger partial charge in [0.15, 0.2) is 0 Å². The molecule has 2 aromatic carbocycles. The molecule has 4 rings (SSSR count). The van der Waals surface area contributed by atoms with Gasteiger partial charge >= 0.3 is 256 Å². The van der Waals surface area contributed by atoms with Gasteiger partial charge < -0.3 is 24.8 Å². The number of hydrogen-bond donors (Lipinski definition) is 0. The minimum absolute atomic E-state index is 0. The van der Waals surface area contributed by atoms with Crippen LogP contribution in [0.5, 0.6) is 0 Å². The predicted molar refractivity (Wildman–Crippen MR) is 176 cm³/mol. The van der Waals surface area contributed by atoms with Gasteiger partial charge in [-0.1, -0.05) is 0 Å². The third-order valence-electron chi connectivity index (χ3n) is 9.28. The molecule has 2 aromatic rings. The third-order valence-corrected chi connectivity index (χ3v) is 17.3. The summed E-state index contributed by atoms with van der Waals surface area (Å²) < 4.78 is 5.35. The van der Waals surface area contributed by atoms with Crippen LogP contribution in [0.3, 0.4) is 0 Å². The van der Waals surface area contributed by atoms with Crippen LogP contribution in [-0.4, -0.2) is 3.21 Å². The average molecular weight is 687 g/mol. The second-order valence-electron chi connectivity index (χ2n) is 16.0. The van der Waals surface area contributed by atoms with Crippen molar-refractivity contribution in [2.75, 3.05) is 0 Å². The van der Waals surface area contributed by atoms with Crippen LogP contribution in [0.2, 0.25) is 0 Å². The average Bonchev–Trinajstić information content (AvgIpc) is 3.37. The van der Waals surface area contributed by atoms with Gasteiger partial charge in [0.2, 0.25) is 0 Å². The summed E-state index contributed by atoms with van der Waals surface area (Å²) in [6.07, 6.45) is 10.4. The normalized spacial score (nSPS) is 16.0. The first-order chi connectivity index (χ1) is 18.4. The fraction of sp³-hybridized carbons (Fsp3) is 0.564. The molecule has 0 N–H and O–H groups in total. The Hall–Kier alpha value is -0.747. The Balaban J connectivity index is 0.00000308. The van der Waals surface area contributed by atoms with E-state index in [2.05, 4.69) is 127 Å². The Morgan fingerprint density at radius 1 is 0.810 bits per heavy atom. The van der Waals surface area contributed by atoms with E-state index in [-0.39, 0.29) is 41.1 Å². The molecule has 1 atom stereocenters. The Morgan fingerprint density at radius 2 is 1.38 bits per heavy atom. The van der Waals surface area contributed by atoms with Crippen LogP contribution >= 0.6 is 0 Å². The van der Waals surface area contributed by atoms with Gasteiger partial charge in [-0.3, -0.25) is 0 Å². The molecule has 0 radical (unpaired) electrons. The number of allylic oxidation sites excluding steroid dienone is 4. The minimum Gasteiger partial charge on any atom is -1.00 e. The quantitative estimate of drug-likeness (QED) is 0.368. The number of halogens is 2. The molecule has 230 valence electrons. The van der Waals surface area contributed by atoms with Gasteiger partial charge in [0.1, 0.15) is 0 Å². The van der Waals surface area contributed by atoms with Gasteiger partial charge in [0.05, 0.1) is 0 Å². The van der Waals surface area contributed by atoms with Crippen LogP contribution in [0, 0.1) is 25.2 Å². The number of fused-ring (bicyclic) bond motifs is 3. The molecule has 3 heteroatoms. The molecule has 0 amide bonds. The van der Waals surface area contributed by atoms with Gasteiger partial charge in [-0.05, 0) is 0 Å². The van der Waals surface area contributed by atoms with Gasteiger partial charge in [-0.2, -0.15) is 0 Å². The van der Waals surface area contributed by atoms with Crippen LogP contribution in [0.25, 0.3) is 11.1 Å². The van der Waals surface area contributed by atoms with Gasteiger partial charge in [-0.15, -0.1) is 0 Å². The summed E-state index contributed by atoms with van der Waals surface area (Å²) in [6, 6.07) is 7.69. The summed E-state index contributed by atoms with van der Waals surface area (Å²) in [7, 11) is 0. The number of hydrogen-bond acceptors (Lipinski definition) is 0. The van der Waals surface area contributed by atoms with E-state index in [0.29, 0.717) is 5.92 Å². The zero-order valence-corrected chi connectivity index (χ0v) is 33.0. The van der Waals surface area contributed by atoms with Crippen molar-refractivity contribution in [3.63, 3.8) is 0 Å².